The summed E-state index contributed by atoms with van der Waals surface area (Å²) in [5, 5.41) is 11.2. The number of benzene rings is 1. The van der Waals surface area contributed by atoms with Gasteiger partial charge in [-0.2, -0.15) is 5.26 Å². The maximum atomic E-state index is 12.9. The number of aromatic nitrogens is 2. The van der Waals surface area contributed by atoms with Crippen LogP contribution < -0.4 is 10.5 Å². The number of anilines is 1. The van der Waals surface area contributed by atoms with Gasteiger partial charge in [-0.05, 0) is 48.6 Å². The van der Waals surface area contributed by atoms with Crippen LogP contribution in [0, 0.1) is 25.2 Å². The van der Waals surface area contributed by atoms with Crippen molar-refractivity contribution in [2.24, 2.45) is 0 Å². The van der Waals surface area contributed by atoms with E-state index in [1.165, 1.54) is 22.2 Å². The molecule has 0 bridgehead atoms. The van der Waals surface area contributed by atoms with Gasteiger partial charge in [0.15, 0.2) is 0 Å². The van der Waals surface area contributed by atoms with Crippen molar-refractivity contribution in [2.75, 3.05) is 11.4 Å². The van der Waals surface area contributed by atoms with Gasteiger partial charge in [-0.15, -0.1) is 11.3 Å². The number of nitrogens with zero attached hydrogens (tertiary/aromatic N) is 4. The van der Waals surface area contributed by atoms with Gasteiger partial charge in [0.25, 0.3) is 5.56 Å². The van der Waals surface area contributed by atoms with Crippen LogP contribution in [0.15, 0.2) is 40.8 Å². The lowest BCUT2D eigenvalue weighted by atomic mass is 10.1. The highest BCUT2D eigenvalue weighted by Gasteiger charge is 2.18. The molecule has 0 saturated carbocycles. The van der Waals surface area contributed by atoms with Gasteiger partial charge in [-0.1, -0.05) is 6.07 Å². The predicted molar refractivity (Wildman–Crippen MR) is 102 cm³/mol. The predicted octanol–water partition coefficient (Wildman–Crippen LogP) is 3.02. The van der Waals surface area contributed by atoms with E-state index in [4.69, 9.17) is 5.26 Å². The summed E-state index contributed by atoms with van der Waals surface area (Å²) in [6.45, 7) is 4.09. The number of fused-ring (bicyclic) bond motifs is 1. The monoisotopic (exact) mass is 366 g/mol. The number of carbonyl (C=O) groups excluding carboxylic acids is 1. The van der Waals surface area contributed by atoms with E-state index in [0.29, 0.717) is 10.2 Å². The second-order valence-corrected chi connectivity index (χ2v) is 7.01. The number of nitriles is 1. The first-order chi connectivity index (χ1) is 12.5. The molecule has 6 nitrogen and oxygen atoms in total. The lowest BCUT2D eigenvalue weighted by molar-refractivity contribution is -0.119. The molecular weight excluding hydrogens is 348 g/mol. The number of thiophene rings is 1. The molecule has 0 spiro atoms. The van der Waals surface area contributed by atoms with E-state index in [9.17, 15) is 9.59 Å². The molecule has 0 aliphatic carbocycles. The second kappa shape index (κ2) is 7.50. The Bertz CT molecular complexity index is 1040. The summed E-state index contributed by atoms with van der Waals surface area (Å²) in [6.07, 6.45) is 1.62. The Labute approximate surface area is 154 Å². The summed E-state index contributed by atoms with van der Waals surface area (Å²) in [6, 6.07) is 9.63. The van der Waals surface area contributed by atoms with Crippen LogP contribution in [0.2, 0.25) is 0 Å². The highest BCUT2D eigenvalue weighted by atomic mass is 32.1. The minimum Gasteiger partial charge on any atom is -0.310 e. The van der Waals surface area contributed by atoms with Crippen molar-refractivity contribution in [1.29, 1.82) is 5.26 Å². The molecule has 0 atom stereocenters. The molecule has 0 radical (unpaired) electrons. The van der Waals surface area contributed by atoms with Crippen LogP contribution in [-0.2, 0) is 11.3 Å². The third kappa shape index (κ3) is 3.65. The minimum atomic E-state index is -0.247. The Morgan fingerprint density at radius 2 is 2.04 bits per heavy atom. The van der Waals surface area contributed by atoms with Crippen molar-refractivity contribution in [3.8, 4) is 6.07 Å². The first-order valence-electron chi connectivity index (χ1n) is 8.18. The Morgan fingerprint density at radius 3 is 2.73 bits per heavy atom. The third-order valence-corrected chi connectivity index (χ3v) is 4.84. The minimum absolute atomic E-state index is 0.115. The van der Waals surface area contributed by atoms with Gasteiger partial charge < -0.3 is 4.90 Å². The summed E-state index contributed by atoms with van der Waals surface area (Å²) < 4.78 is 1.32. The molecule has 0 saturated heterocycles. The molecule has 1 aromatic carbocycles. The van der Waals surface area contributed by atoms with Crippen LogP contribution in [-0.4, -0.2) is 22.0 Å². The zero-order valence-corrected chi connectivity index (χ0v) is 15.4. The molecule has 0 N–H and O–H groups in total. The van der Waals surface area contributed by atoms with Gasteiger partial charge in [0.2, 0.25) is 5.91 Å². The van der Waals surface area contributed by atoms with Crippen LogP contribution in [0.3, 0.4) is 0 Å². The fraction of sp³-hybridized carbons (Fsp3) is 0.263. The van der Waals surface area contributed by atoms with E-state index in [0.717, 1.165) is 16.8 Å². The van der Waals surface area contributed by atoms with Crippen molar-refractivity contribution < 1.29 is 4.79 Å². The Balaban J connectivity index is 1.93. The average Bonchev–Trinajstić information content (AvgIpc) is 3.06. The lowest BCUT2D eigenvalue weighted by Crippen LogP contribution is -2.37. The van der Waals surface area contributed by atoms with E-state index < -0.39 is 0 Å². The van der Waals surface area contributed by atoms with E-state index in [-0.39, 0.29) is 31.0 Å². The molecular formula is C19H18N4O2S. The first-order valence-corrected chi connectivity index (χ1v) is 9.06. The zero-order valence-electron chi connectivity index (χ0n) is 14.6. The normalized spacial score (nSPS) is 10.7. The van der Waals surface area contributed by atoms with E-state index in [2.05, 4.69) is 11.1 Å². The summed E-state index contributed by atoms with van der Waals surface area (Å²) in [5.41, 5.74) is 2.58. The standard InChI is InChI=1S/C19H18N4O2S/c1-13-8-14(2)10-15(9-13)23(6-3-5-20)17(24)11-22-12-21-18-16(19(22)25)4-7-26-18/h4,7-10,12H,3,6,11H2,1-2H3. The number of hydrogen-bond donors (Lipinski definition) is 0. The van der Waals surface area contributed by atoms with Crippen LogP contribution in [0.25, 0.3) is 10.2 Å². The summed E-state index contributed by atoms with van der Waals surface area (Å²) in [4.78, 5) is 31.9. The molecule has 0 aliphatic heterocycles. The number of aryl methyl sites for hydroxylation is 2. The molecule has 0 unspecified atom stereocenters. The maximum absolute atomic E-state index is 12.9. The number of hydrogen-bond acceptors (Lipinski definition) is 5. The van der Waals surface area contributed by atoms with Crippen molar-refractivity contribution >= 4 is 33.1 Å². The van der Waals surface area contributed by atoms with Gasteiger partial charge in [-0.25, -0.2) is 4.98 Å². The molecule has 3 aromatic rings. The van der Waals surface area contributed by atoms with Gasteiger partial charge in [0.1, 0.15) is 11.4 Å². The number of amides is 1. The SMILES string of the molecule is Cc1cc(C)cc(N(CCC#N)C(=O)Cn2cnc3sccc3c2=O)c1. The van der Waals surface area contributed by atoms with Crippen molar-refractivity contribution in [2.45, 2.75) is 26.8 Å². The molecule has 7 heteroatoms. The lowest BCUT2D eigenvalue weighted by Gasteiger charge is -2.23. The summed E-state index contributed by atoms with van der Waals surface area (Å²) >= 11 is 1.39. The topological polar surface area (TPSA) is 79.0 Å². The maximum Gasteiger partial charge on any atom is 0.262 e. The molecule has 2 heterocycles. The highest BCUT2D eigenvalue weighted by molar-refractivity contribution is 7.16. The molecule has 2 aromatic heterocycles. The van der Waals surface area contributed by atoms with Crippen molar-refractivity contribution in [1.82, 2.24) is 9.55 Å². The van der Waals surface area contributed by atoms with Crippen LogP contribution in [0.4, 0.5) is 5.69 Å². The fourth-order valence-corrected chi connectivity index (χ4v) is 3.63. The van der Waals surface area contributed by atoms with E-state index >= 15 is 0 Å². The third-order valence-electron chi connectivity index (χ3n) is 4.02. The Morgan fingerprint density at radius 1 is 1.31 bits per heavy atom. The fourth-order valence-electron chi connectivity index (χ4n) is 2.90. The highest BCUT2D eigenvalue weighted by Crippen LogP contribution is 2.20. The van der Waals surface area contributed by atoms with Crippen molar-refractivity contribution in [3.63, 3.8) is 0 Å². The molecule has 3 rings (SSSR count). The van der Waals surface area contributed by atoms with Crippen LogP contribution >= 0.6 is 11.3 Å². The van der Waals surface area contributed by atoms with E-state index in [1.54, 1.807) is 16.3 Å². The average molecular weight is 366 g/mol. The quantitative estimate of drug-likeness (QED) is 0.695. The van der Waals surface area contributed by atoms with E-state index in [1.807, 2.05) is 32.0 Å². The molecule has 26 heavy (non-hydrogen) atoms. The molecule has 0 aliphatic rings. The first kappa shape index (κ1) is 17.8. The summed E-state index contributed by atoms with van der Waals surface area (Å²) in [7, 11) is 0. The molecule has 0 fully saturated rings. The second-order valence-electron chi connectivity index (χ2n) is 6.12. The Kier molecular flexibility index (Phi) is 5.14. The van der Waals surface area contributed by atoms with Gasteiger partial charge in [-0.3, -0.25) is 14.2 Å². The zero-order chi connectivity index (χ0) is 18.7. The Hall–Kier alpha value is -2.98. The van der Waals surface area contributed by atoms with Gasteiger partial charge >= 0.3 is 0 Å². The number of carbonyl (C=O) groups is 1. The van der Waals surface area contributed by atoms with Crippen LogP contribution in [0.5, 0.6) is 0 Å². The number of rotatable bonds is 5. The van der Waals surface area contributed by atoms with Gasteiger partial charge in [0, 0.05) is 12.2 Å². The smallest absolute Gasteiger partial charge is 0.262 e. The molecule has 1 amide bonds. The summed E-state index contributed by atoms with van der Waals surface area (Å²) in [5.74, 6) is -0.247. The van der Waals surface area contributed by atoms with Gasteiger partial charge in [0.05, 0.1) is 24.2 Å². The molecule has 132 valence electrons. The van der Waals surface area contributed by atoms with Crippen molar-refractivity contribution in [3.05, 3.63) is 57.5 Å². The largest absolute Gasteiger partial charge is 0.310 e. The van der Waals surface area contributed by atoms with Crippen LogP contribution in [0.1, 0.15) is 17.5 Å².